The topological polar surface area (TPSA) is 88.9 Å². The van der Waals surface area contributed by atoms with E-state index in [1.165, 1.54) is 0 Å². The lowest BCUT2D eigenvalue weighted by Crippen LogP contribution is -2.30. The number of rotatable bonds is 9. The summed E-state index contributed by atoms with van der Waals surface area (Å²) >= 11 is 12.4. The number of carboxylic acids is 1. The molecule has 1 saturated heterocycles. The third-order valence-electron chi connectivity index (χ3n) is 6.29. The van der Waals surface area contributed by atoms with Crippen LogP contribution in [0.3, 0.4) is 0 Å². The van der Waals surface area contributed by atoms with Gasteiger partial charge in [-0.25, -0.2) is 4.79 Å². The van der Waals surface area contributed by atoms with Crippen molar-refractivity contribution in [2.24, 2.45) is 0 Å². The average molecular weight is 549 g/mol. The molecule has 0 amide bonds. The fraction of sp³-hybridized carbons (Fsp3) is 0.179. The van der Waals surface area contributed by atoms with E-state index in [1.54, 1.807) is 31.5 Å². The second kappa shape index (κ2) is 11.2. The van der Waals surface area contributed by atoms with Crippen molar-refractivity contribution in [1.82, 2.24) is 14.9 Å². The number of aromatic nitrogens is 2. The second-order valence-corrected chi connectivity index (χ2v) is 9.41. The van der Waals surface area contributed by atoms with E-state index in [0.29, 0.717) is 29.1 Å². The van der Waals surface area contributed by atoms with Crippen LogP contribution in [0.25, 0.3) is 5.69 Å². The van der Waals surface area contributed by atoms with Gasteiger partial charge in [0, 0.05) is 36.6 Å². The van der Waals surface area contributed by atoms with Crippen molar-refractivity contribution in [2.75, 3.05) is 25.2 Å². The minimum atomic E-state index is -0.986. The van der Waals surface area contributed by atoms with Crippen LogP contribution >= 0.6 is 23.8 Å². The molecule has 1 aliphatic rings. The van der Waals surface area contributed by atoms with Gasteiger partial charge in [0.2, 0.25) is 0 Å². The number of carbonyl (C=O) groups is 1. The highest BCUT2D eigenvalue weighted by atomic mass is 35.5. The SMILES string of the molecule is COCCOc1ccc(N2C(=S)N[C@H](c3ccccn3)[C@H]2c2cccn2-c2cccc(C(=O)O)c2)cc1Cl. The van der Waals surface area contributed by atoms with Crippen LogP contribution in [0.4, 0.5) is 5.69 Å². The molecule has 0 saturated carbocycles. The molecule has 3 heterocycles. The maximum atomic E-state index is 11.6. The first-order valence-corrected chi connectivity index (χ1v) is 12.7. The lowest BCUT2D eigenvalue weighted by atomic mass is 10.0. The molecule has 0 bridgehead atoms. The smallest absolute Gasteiger partial charge is 0.335 e. The number of hydrogen-bond acceptors (Lipinski definition) is 5. The number of methoxy groups -OCH3 is 1. The average Bonchev–Trinajstić information content (AvgIpc) is 3.54. The molecule has 194 valence electrons. The lowest BCUT2D eigenvalue weighted by molar-refractivity contribution is 0.0697. The van der Waals surface area contributed by atoms with E-state index in [4.69, 9.17) is 33.3 Å². The summed E-state index contributed by atoms with van der Waals surface area (Å²) in [5, 5.41) is 13.9. The van der Waals surface area contributed by atoms with E-state index in [2.05, 4.69) is 10.3 Å². The van der Waals surface area contributed by atoms with Crippen molar-refractivity contribution in [2.45, 2.75) is 12.1 Å². The van der Waals surface area contributed by atoms with E-state index >= 15 is 0 Å². The van der Waals surface area contributed by atoms with Gasteiger partial charge in [-0.15, -0.1) is 0 Å². The Morgan fingerprint density at radius 2 is 1.95 bits per heavy atom. The predicted molar refractivity (Wildman–Crippen MR) is 149 cm³/mol. The molecular weight excluding hydrogens is 524 g/mol. The van der Waals surface area contributed by atoms with Crippen molar-refractivity contribution in [3.8, 4) is 11.4 Å². The minimum Gasteiger partial charge on any atom is -0.490 e. The summed E-state index contributed by atoms with van der Waals surface area (Å²) in [6.07, 6.45) is 3.66. The molecule has 0 unspecified atom stereocenters. The number of nitrogens with zero attached hydrogens (tertiary/aromatic N) is 3. The molecule has 38 heavy (non-hydrogen) atoms. The van der Waals surface area contributed by atoms with Crippen molar-refractivity contribution >= 4 is 40.6 Å². The van der Waals surface area contributed by atoms with Crippen LogP contribution in [-0.4, -0.2) is 46.1 Å². The van der Waals surface area contributed by atoms with Gasteiger partial charge < -0.3 is 29.4 Å². The normalized spacial score (nSPS) is 16.9. The quantitative estimate of drug-likeness (QED) is 0.211. The van der Waals surface area contributed by atoms with Crippen LogP contribution in [0, 0.1) is 0 Å². The van der Waals surface area contributed by atoms with E-state index in [1.807, 2.05) is 70.3 Å². The molecule has 8 nitrogen and oxygen atoms in total. The van der Waals surface area contributed by atoms with Crippen LogP contribution in [-0.2, 0) is 4.74 Å². The van der Waals surface area contributed by atoms with Crippen LogP contribution in [0.5, 0.6) is 5.75 Å². The van der Waals surface area contributed by atoms with Gasteiger partial charge in [0.05, 0.1) is 28.9 Å². The number of carboxylic acid groups (broad SMARTS) is 1. The molecule has 5 rings (SSSR count). The summed E-state index contributed by atoms with van der Waals surface area (Å²) in [5.41, 5.74) is 3.42. The molecule has 2 aromatic carbocycles. The largest absolute Gasteiger partial charge is 0.490 e. The summed E-state index contributed by atoms with van der Waals surface area (Å²) in [7, 11) is 1.61. The summed E-state index contributed by atoms with van der Waals surface area (Å²) in [6.45, 7) is 0.832. The second-order valence-electron chi connectivity index (χ2n) is 8.61. The van der Waals surface area contributed by atoms with E-state index in [9.17, 15) is 9.90 Å². The fourth-order valence-corrected chi connectivity index (χ4v) is 5.16. The van der Waals surface area contributed by atoms with Crippen molar-refractivity contribution in [3.05, 3.63) is 107 Å². The standard InChI is InChI=1S/C28H25ClN4O4S/c1-36-14-15-37-24-11-10-20(17-21(24)29)33-26(25(31-28(33)38)22-8-2-3-12-30-22)23-9-5-13-32(23)19-7-4-6-18(16-19)27(34)35/h2-13,16-17,25-26H,14-15H2,1H3,(H,31,38)(H,34,35)/t25-,26-/m1/s1. The molecule has 2 atom stereocenters. The van der Waals surface area contributed by atoms with Gasteiger partial charge >= 0.3 is 5.97 Å². The monoisotopic (exact) mass is 548 g/mol. The predicted octanol–water partition coefficient (Wildman–Crippen LogP) is 5.43. The van der Waals surface area contributed by atoms with Gasteiger partial charge in [-0.2, -0.15) is 0 Å². The number of halogens is 1. The van der Waals surface area contributed by atoms with Crippen LogP contribution in [0.15, 0.2) is 85.2 Å². The first kappa shape index (κ1) is 25.7. The fourth-order valence-electron chi connectivity index (χ4n) is 4.58. The summed E-state index contributed by atoms with van der Waals surface area (Å²) in [4.78, 5) is 18.3. The third kappa shape index (κ3) is 5.08. The lowest BCUT2D eigenvalue weighted by Gasteiger charge is -2.29. The molecule has 0 spiro atoms. The van der Waals surface area contributed by atoms with Gasteiger partial charge in [0.1, 0.15) is 18.4 Å². The number of pyridine rings is 1. The zero-order chi connectivity index (χ0) is 26.6. The molecule has 4 aromatic rings. The molecule has 10 heteroatoms. The number of aromatic carboxylic acids is 1. The maximum absolute atomic E-state index is 11.6. The molecular formula is C28H25ClN4O4S. The van der Waals surface area contributed by atoms with Gasteiger partial charge in [-0.3, -0.25) is 4.98 Å². The first-order valence-electron chi connectivity index (χ1n) is 11.9. The molecule has 0 radical (unpaired) electrons. The Bertz CT molecular complexity index is 1460. The van der Waals surface area contributed by atoms with E-state index in [0.717, 1.165) is 22.8 Å². The molecule has 2 aromatic heterocycles. The van der Waals surface area contributed by atoms with Gasteiger partial charge in [-0.05, 0) is 72.9 Å². The Balaban J connectivity index is 1.59. The zero-order valence-corrected chi connectivity index (χ0v) is 22.0. The van der Waals surface area contributed by atoms with Crippen molar-refractivity contribution < 1.29 is 19.4 Å². The molecule has 1 fully saturated rings. The number of hydrogen-bond donors (Lipinski definition) is 2. The van der Waals surface area contributed by atoms with Gasteiger partial charge in [-0.1, -0.05) is 23.7 Å². The summed E-state index contributed by atoms with van der Waals surface area (Å²) in [6, 6.07) is 21.5. The number of thiocarbonyl (C=S) groups is 1. The zero-order valence-electron chi connectivity index (χ0n) is 20.5. The van der Waals surface area contributed by atoms with E-state index < -0.39 is 5.97 Å². The number of benzene rings is 2. The highest BCUT2D eigenvalue weighted by molar-refractivity contribution is 7.80. The Kier molecular flexibility index (Phi) is 7.59. The molecule has 2 N–H and O–H groups in total. The summed E-state index contributed by atoms with van der Waals surface area (Å²) in [5.74, 6) is -0.433. The van der Waals surface area contributed by atoms with Crippen molar-refractivity contribution in [1.29, 1.82) is 0 Å². The van der Waals surface area contributed by atoms with E-state index in [-0.39, 0.29) is 17.6 Å². The Morgan fingerprint density at radius 3 is 2.68 bits per heavy atom. The Labute approximate surface area is 230 Å². The molecule has 1 aliphatic heterocycles. The van der Waals surface area contributed by atoms with Crippen LogP contribution in [0.2, 0.25) is 5.02 Å². The minimum absolute atomic E-state index is 0.205. The van der Waals surface area contributed by atoms with Gasteiger partial charge in [0.25, 0.3) is 0 Å². The third-order valence-corrected chi connectivity index (χ3v) is 6.90. The number of ether oxygens (including phenoxy) is 2. The Morgan fingerprint density at radius 1 is 1.08 bits per heavy atom. The van der Waals surface area contributed by atoms with Crippen molar-refractivity contribution in [3.63, 3.8) is 0 Å². The summed E-state index contributed by atoms with van der Waals surface area (Å²) < 4.78 is 12.8. The maximum Gasteiger partial charge on any atom is 0.335 e. The first-order chi connectivity index (χ1) is 18.5. The Hall–Kier alpha value is -3.92. The highest BCUT2D eigenvalue weighted by Crippen LogP contribution is 2.43. The number of anilines is 1. The van der Waals surface area contributed by atoms with Crippen LogP contribution < -0.4 is 15.0 Å². The highest BCUT2D eigenvalue weighted by Gasteiger charge is 2.42. The number of nitrogens with one attached hydrogen (secondary N) is 1. The van der Waals surface area contributed by atoms with Crippen LogP contribution in [0.1, 0.15) is 33.8 Å². The van der Waals surface area contributed by atoms with Gasteiger partial charge in [0.15, 0.2) is 5.11 Å². The molecule has 0 aliphatic carbocycles.